The summed E-state index contributed by atoms with van der Waals surface area (Å²) in [5.74, 6) is 1.87. The third-order valence-electron chi connectivity index (χ3n) is 4.15. The van der Waals surface area contributed by atoms with Crippen molar-refractivity contribution in [1.29, 1.82) is 0 Å². The van der Waals surface area contributed by atoms with E-state index in [9.17, 15) is 4.79 Å². The zero-order valence-electron chi connectivity index (χ0n) is 15.7. The fraction of sp³-hybridized carbons (Fsp3) is 0.263. The molecule has 0 saturated carbocycles. The Morgan fingerprint density at radius 3 is 2.22 bits per heavy atom. The molecule has 1 heterocycles. The molecule has 0 saturated heterocycles. The van der Waals surface area contributed by atoms with Gasteiger partial charge in [-0.05, 0) is 12.1 Å². The molecule has 2 aromatic carbocycles. The lowest BCUT2D eigenvalue weighted by Gasteiger charge is -2.07. The number of carbonyl (C=O) groups is 1. The second-order valence-electron chi connectivity index (χ2n) is 5.60. The van der Waals surface area contributed by atoms with Crippen molar-refractivity contribution < 1.29 is 23.7 Å². The van der Waals surface area contributed by atoms with Gasteiger partial charge in [-0.2, -0.15) is 4.99 Å². The minimum absolute atomic E-state index is 0.367. The van der Waals surface area contributed by atoms with Gasteiger partial charge >= 0.3 is 0 Å². The van der Waals surface area contributed by atoms with Gasteiger partial charge in [0, 0.05) is 25.2 Å². The van der Waals surface area contributed by atoms with Crippen LogP contribution in [-0.4, -0.2) is 38.9 Å². The number of carbonyl (C=O) groups excluding carboxylic acids is 1. The molecule has 1 aromatic heterocycles. The molecule has 0 radical (unpaired) electrons. The summed E-state index contributed by atoms with van der Waals surface area (Å²) in [6.07, 6.45) is 0. The number of benzene rings is 2. The minimum atomic E-state index is -0.393. The topological polar surface area (TPSA) is 71.3 Å². The summed E-state index contributed by atoms with van der Waals surface area (Å²) in [6.45, 7) is 0. The number of thiazole rings is 1. The van der Waals surface area contributed by atoms with Crippen LogP contribution in [0.4, 0.5) is 0 Å². The lowest BCUT2D eigenvalue weighted by Crippen LogP contribution is -2.13. The van der Waals surface area contributed by atoms with E-state index in [-0.39, 0.29) is 0 Å². The number of nitrogens with zero attached hydrogens (tertiary/aromatic N) is 2. The van der Waals surface area contributed by atoms with Crippen LogP contribution in [0, 0.1) is 0 Å². The van der Waals surface area contributed by atoms with Crippen LogP contribution < -0.4 is 23.7 Å². The number of aromatic nitrogens is 1. The summed E-state index contributed by atoms with van der Waals surface area (Å²) in [5, 5.41) is 0. The predicted molar refractivity (Wildman–Crippen MR) is 103 cm³/mol. The molecule has 142 valence electrons. The first-order valence-corrected chi connectivity index (χ1v) is 8.86. The summed E-state index contributed by atoms with van der Waals surface area (Å²) in [4.78, 5) is 17.6. The normalized spacial score (nSPS) is 11.5. The number of aryl methyl sites for hydroxylation is 1. The molecular weight excluding hydrogens is 368 g/mol. The van der Waals surface area contributed by atoms with E-state index in [0.29, 0.717) is 33.4 Å². The maximum Gasteiger partial charge on any atom is 0.283 e. The van der Waals surface area contributed by atoms with Gasteiger partial charge in [-0.3, -0.25) is 4.79 Å². The van der Waals surface area contributed by atoms with Crippen LogP contribution in [0.1, 0.15) is 10.4 Å². The van der Waals surface area contributed by atoms with Crippen LogP contribution in [0.15, 0.2) is 35.3 Å². The van der Waals surface area contributed by atoms with Crippen molar-refractivity contribution in [3.05, 3.63) is 40.7 Å². The van der Waals surface area contributed by atoms with Crippen molar-refractivity contribution in [1.82, 2.24) is 4.57 Å². The molecule has 7 nitrogen and oxygen atoms in total. The highest BCUT2D eigenvalue weighted by Gasteiger charge is 2.15. The standard InChI is InChI=1S/C19H20N2O5S/c1-21-13-9-15(25-4)16(26-5)10-17(13)27-19(21)20-18(22)12-7-6-11(23-2)8-14(12)24-3/h6-10H,1-5H3. The molecule has 3 rings (SSSR count). The number of fused-ring (bicyclic) bond motifs is 1. The summed E-state index contributed by atoms with van der Waals surface area (Å²) in [5.41, 5.74) is 1.26. The van der Waals surface area contributed by atoms with E-state index in [2.05, 4.69) is 4.99 Å². The van der Waals surface area contributed by atoms with Crippen molar-refractivity contribution in [2.75, 3.05) is 28.4 Å². The first-order chi connectivity index (χ1) is 13.0. The first kappa shape index (κ1) is 18.8. The monoisotopic (exact) mass is 388 g/mol. The highest BCUT2D eigenvalue weighted by molar-refractivity contribution is 7.16. The predicted octanol–water partition coefficient (Wildman–Crippen LogP) is 3.02. The van der Waals surface area contributed by atoms with Crippen molar-refractivity contribution in [3.8, 4) is 23.0 Å². The molecule has 0 bridgehead atoms. The molecule has 0 fully saturated rings. The number of rotatable bonds is 5. The smallest absolute Gasteiger partial charge is 0.283 e. The van der Waals surface area contributed by atoms with Gasteiger partial charge in [0.2, 0.25) is 0 Å². The van der Waals surface area contributed by atoms with Crippen LogP contribution in [0.3, 0.4) is 0 Å². The Morgan fingerprint density at radius 2 is 1.59 bits per heavy atom. The van der Waals surface area contributed by atoms with E-state index in [0.717, 1.165) is 10.2 Å². The van der Waals surface area contributed by atoms with Gasteiger partial charge < -0.3 is 23.5 Å². The van der Waals surface area contributed by atoms with E-state index in [1.165, 1.54) is 18.4 Å². The van der Waals surface area contributed by atoms with Gasteiger partial charge in [-0.25, -0.2) is 0 Å². The van der Waals surface area contributed by atoms with Crippen LogP contribution in [-0.2, 0) is 7.05 Å². The number of hydrogen-bond donors (Lipinski definition) is 0. The third-order valence-corrected chi connectivity index (χ3v) is 5.25. The molecule has 0 unspecified atom stereocenters. The quantitative estimate of drug-likeness (QED) is 0.672. The molecule has 0 aliphatic rings. The van der Waals surface area contributed by atoms with E-state index in [1.807, 2.05) is 23.7 Å². The largest absolute Gasteiger partial charge is 0.497 e. The van der Waals surface area contributed by atoms with E-state index >= 15 is 0 Å². The van der Waals surface area contributed by atoms with Gasteiger partial charge in [0.1, 0.15) is 11.5 Å². The molecule has 0 spiro atoms. The second-order valence-corrected chi connectivity index (χ2v) is 6.61. The molecule has 8 heteroatoms. The zero-order valence-corrected chi connectivity index (χ0v) is 16.5. The van der Waals surface area contributed by atoms with E-state index < -0.39 is 5.91 Å². The van der Waals surface area contributed by atoms with Gasteiger partial charge in [0.15, 0.2) is 16.3 Å². The van der Waals surface area contributed by atoms with Crippen molar-refractivity contribution in [3.63, 3.8) is 0 Å². The fourth-order valence-electron chi connectivity index (χ4n) is 2.68. The molecule has 0 aliphatic carbocycles. The Morgan fingerprint density at radius 1 is 0.926 bits per heavy atom. The van der Waals surface area contributed by atoms with E-state index in [1.54, 1.807) is 39.5 Å². The van der Waals surface area contributed by atoms with Crippen molar-refractivity contribution in [2.45, 2.75) is 0 Å². The maximum absolute atomic E-state index is 12.7. The zero-order chi connectivity index (χ0) is 19.6. The van der Waals surface area contributed by atoms with Crippen LogP contribution in [0.25, 0.3) is 10.2 Å². The summed E-state index contributed by atoms with van der Waals surface area (Å²) in [7, 11) is 8.08. The van der Waals surface area contributed by atoms with Gasteiger partial charge in [0.05, 0.1) is 44.2 Å². The first-order valence-electron chi connectivity index (χ1n) is 8.05. The lowest BCUT2D eigenvalue weighted by atomic mass is 10.2. The molecule has 0 aliphatic heterocycles. The number of ether oxygens (including phenoxy) is 4. The van der Waals surface area contributed by atoms with E-state index in [4.69, 9.17) is 18.9 Å². The van der Waals surface area contributed by atoms with Crippen LogP contribution in [0.5, 0.6) is 23.0 Å². The Labute approximate surface area is 160 Å². The minimum Gasteiger partial charge on any atom is -0.497 e. The highest BCUT2D eigenvalue weighted by Crippen LogP contribution is 2.33. The van der Waals surface area contributed by atoms with Crippen molar-refractivity contribution >= 4 is 27.5 Å². The lowest BCUT2D eigenvalue weighted by molar-refractivity contribution is 0.0995. The fourth-order valence-corrected chi connectivity index (χ4v) is 3.71. The van der Waals surface area contributed by atoms with Gasteiger partial charge in [0.25, 0.3) is 5.91 Å². The van der Waals surface area contributed by atoms with Gasteiger partial charge in [-0.1, -0.05) is 11.3 Å². The van der Waals surface area contributed by atoms with Crippen LogP contribution >= 0.6 is 11.3 Å². The molecule has 1 amide bonds. The third kappa shape index (κ3) is 3.48. The number of methoxy groups -OCH3 is 4. The number of amides is 1. The Balaban J connectivity index is 2.10. The average Bonchev–Trinajstić information content (AvgIpc) is 3.00. The molecule has 0 atom stereocenters. The molecule has 3 aromatic rings. The van der Waals surface area contributed by atoms with Crippen molar-refractivity contribution in [2.24, 2.45) is 12.0 Å². The Bertz CT molecular complexity index is 1070. The SMILES string of the molecule is COc1ccc(C(=O)N=c2sc3cc(OC)c(OC)cc3n2C)c(OC)c1. The number of hydrogen-bond acceptors (Lipinski definition) is 6. The summed E-state index contributed by atoms with van der Waals surface area (Å²) >= 11 is 1.39. The highest BCUT2D eigenvalue weighted by atomic mass is 32.1. The summed E-state index contributed by atoms with van der Waals surface area (Å²) < 4.78 is 23.9. The Kier molecular flexibility index (Phi) is 5.36. The summed E-state index contributed by atoms with van der Waals surface area (Å²) in [6, 6.07) is 8.73. The molecule has 0 N–H and O–H groups in total. The molecule has 27 heavy (non-hydrogen) atoms. The maximum atomic E-state index is 12.7. The van der Waals surface area contributed by atoms with Crippen LogP contribution in [0.2, 0.25) is 0 Å². The second kappa shape index (κ2) is 7.71. The Hall–Kier alpha value is -3.00. The van der Waals surface area contributed by atoms with Gasteiger partial charge in [-0.15, -0.1) is 0 Å². The average molecular weight is 388 g/mol. The molecular formula is C19H20N2O5S.